The SMILES string of the molecule is CCOC(=O)C(Cl)Cc1c(F)ccc(C)c1F. The molecule has 94 valence electrons. The van der Waals surface area contributed by atoms with Crippen molar-refractivity contribution in [1.29, 1.82) is 0 Å². The van der Waals surface area contributed by atoms with Crippen LogP contribution in [0.3, 0.4) is 0 Å². The summed E-state index contributed by atoms with van der Waals surface area (Å²) in [6.45, 7) is 3.34. The highest BCUT2D eigenvalue weighted by Gasteiger charge is 2.21. The van der Waals surface area contributed by atoms with Crippen LogP contribution in [0.4, 0.5) is 8.78 Å². The Labute approximate surface area is 104 Å². The molecule has 0 amide bonds. The number of ether oxygens (including phenoxy) is 1. The largest absolute Gasteiger partial charge is 0.465 e. The van der Waals surface area contributed by atoms with Gasteiger partial charge in [-0.1, -0.05) is 6.07 Å². The summed E-state index contributed by atoms with van der Waals surface area (Å²) < 4.78 is 31.7. The van der Waals surface area contributed by atoms with Gasteiger partial charge in [0.2, 0.25) is 0 Å². The Kier molecular flexibility index (Phi) is 4.87. The molecule has 5 heteroatoms. The van der Waals surface area contributed by atoms with E-state index in [-0.39, 0.29) is 18.6 Å². The van der Waals surface area contributed by atoms with Gasteiger partial charge in [0.25, 0.3) is 0 Å². The number of halogens is 3. The topological polar surface area (TPSA) is 26.3 Å². The maximum absolute atomic E-state index is 13.6. The van der Waals surface area contributed by atoms with Gasteiger partial charge in [-0.25, -0.2) is 8.78 Å². The second-order valence-electron chi connectivity index (χ2n) is 3.58. The Balaban J connectivity index is 2.88. The molecule has 0 heterocycles. The van der Waals surface area contributed by atoms with Crippen molar-refractivity contribution < 1.29 is 18.3 Å². The molecule has 1 unspecified atom stereocenters. The Morgan fingerprint density at radius 2 is 2.12 bits per heavy atom. The van der Waals surface area contributed by atoms with Crippen LogP contribution >= 0.6 is 11.6 Å². The van der Waals surface area contributed by atoms with Crippen LogP contribution in [0.2, 0.25) is 0 Å². The van der Waals surface area contributed by atoms with Crippen LogP contribution in [-0.4, -0.2) is 18.0 Å². The summed E-state index contributed by atoms with van der Waals surface area (Å²) in [5, 5.41) is -1.08. The molecule has 0 aliphatic rings. The second-order valence-corrected chi connectivity index (χ2v) is 4.11. The minimum atomic E-state index is -1.08. The fourth-order valence-corrected chi connectivity index (χ4v) is 1.61. The van der Waals surface area contributed by atoms with E-state index in [2.05, 4.69) is 4.74 Å². The van der Waals surface area contributed by atoms with Crippen LogP contribution in [0.15, 0.2) is 12.1 Å². The molecule has 0 radical (unpaired) electrons. The van der Waals surface area contributed by atoms with Gasteiger partial charge in [-0.3, -0.25) is 4.79 Å². The van der Waals surface area contributed by atoms with Crippen LogP contribution in [-0.2, 0) is 16.0 Å². The Bertz CT molecular complexity index is 421. The van der Waals surface area contributed by atoms with Crippen molar-refractivity contribution in [2.45, 2.75) is 25.6 Å². The summed E-state index contributed by atoms with van der Waals surface area (Å²) in [6, 6.07) is 2.49. The summed E-state index contributed by atoms with van der Waals surface area (Å²) in [6.07, 6.45) is -0.222. The highest BCUT2D eigenvalue weighted by molar-refractivity contribution is 6.30. The molecule has 0 spiro atoms. The smallest absolute Gasteiger partial charge is 0.324 e. The monoisotopic (exact) mass is 262 g/mol. The van der Waals surface area contributed by atoms with Crippen LogP contribution in [0.25, 0.3) is 0 Å². The van der Waals surface area contributed by atoms with Crippen molar-refractivity contribution in [3.05, 3.63) is 34.9 Å². The molecule has 0 N–H and O–H groups in total. The van der Waals surface area contributed by atoms with Crippen LogP contribution in [0.1, 0.15) is 18.1 Å². The molecule has 0 aromatic heterocycles. The Morgan fingerprint density at radius 1 is 1.47 bits per heavy atom. The minimum absolute atomic E-state index is 0.181. The number of rotatable bonds is 4. The lowest BCUT2D eigenvalue weighted by molar-refractivity contribution is -0.142. The number of carbonyl (C=O) groups excluding carboxylic acids is 1. The van der Waals surface area contributed by atoms with Crippen molar-refractivity contribution in [1.82, 2.24) is 0 Å². The fourth-order valence-electron chi connectivity index (χ4n) is 1.40. The number of alkyl halides is 1. The first-order valence-electron chi connectivity index (χ1n) is 5.21. The highest BCUT2D eigenvalue weighted by Crippen LogP contribution is 2.20. The molecule has 1 atom stereocenters. The molecule has 2 nitrogen and oxygen atoms in total. The van der Waals surface area contributed by atoms with E-state index >= 15 is 0 Å². The molecule has 0 fully saturated rings. The third kappa shape index (κ3) is 3.40. The summed E-state index contributed by atoms with van der Waals surface area (Å²) in [5.74, 6) is -2.04. The average Bonchev–Trinajstić information content (AvgIpc) is 2.29. The zero-order valence-electron chi connectivity index (χ0n) is 9.60. The van der Waals surface area contributed by atoms with Crippen LogP contribution in [0.5, 0.6) is 0 Å². The maximum atomic E-state index is 13.6. The number of benzene rings is 1. The van der Waals surface area contributed by atoms with E-state index in [1.165, 1.54) is 13.0 Å². The zero-order chi connectivity index (χ0) is 13.0. The van der Waals surface area contributed by atoms with E-state index in [4.69, 9.17) is 11.6 Å². The van der Waals surface area contributed by atoms with E-state index in [9.17, 15) is 13.6 Å². The van der Waals surface area contributed by atoms with Gasteiger partial charge in [0.15, 0.2) is 0 Å². The number of esters is 1. The summed E-state index contributed by atoms with van der Waals surface area (Å²) in [5.41, 5.74) is 0.132. The van der Waals surface area contributed by atoms with Gasteiger partial charge in [0, 0.05) is 12.0 Å². The lowest BCUT2D eigenvalue weighted by atomic mass is 10.0. The fraction of sp³-hybridized carbons (Fsp3) is 0.417. The van der Waals surface area contributed by atoms with Gasteiger partial charge in [0.1, 0.15) is 17.0 Å². The van der Waals surface area contributed by atoms with E-state index < -0.39 is 23.0 Å². The molecule has 0 saturated heterocycles. The third-order valence-electron chi connectivity index (χ3n) is 2.30. The first kappa shape index (κ1) is 13.9. The van der Waals surface area contributed by atoms with Gasteiger partial charge in [-0.15, -0.1) is 11.6 Å². The molecular weight excluding hydrogens is 250 g/mol. The summed E-state index contributed by atoms with van der Waals surface area (Å²) in [7, 11) is 0. The van der Waals surface area contributed by atoms with E-state index in [0.717, 1.165) is 6.07 Å². The Morgan fingerprint density at radius 3 is 2.71 bits per heavy atom. The van der Waals surface area contributed by atoms with Crippen molar-refractivity contribution in [3.63, 3.8) is 0 Å². The summed E-state index contributed by atoms with van der Waals surface area (Å²) >= 11 is 5.73. The predicted molar refractivity (Wildman–Crippen MR) is 61.1 cm³/mol. The molecular formula is C12H13ClF2O2. The van der Waals surface area contributed by atoms with Gasteiger partial charge in [-0.2, -0.15) is 0 Å². The maximum Gasteiger partial charge on any atom is 0.324 e. The van der Waals surface area contributed by atoms with Gasteiger partial charge >= 0.3 is 5.97 Å². The lowest BCUT2D eigenvalue weighted by Crippen LogP contribution is -2.21. The minimum Gasteiger partial charge on any atom is -0.465 e. The number of carbonyl (C=O) groups is 1. The third-order valence-corrected chi connectivity index (χ3v) is 2.64. The van der Waals surface area contributed by atoms with Crippen LogP contribution in [0, 0.1) is 18.6 Å². The van der Waals surface area contributed by atoms with Crippen molar-refractivity contribution in [2.75, 3.05) is 6.61 Å². The number of hydrogen-bond donors (Lipinski definition) is 0. The molecule has 1 rings (SSSR count). The number of hydrogen-bond acceptors (Lipinski definition) is 2. The predicted octanol–water partition coefficient (Wildman–Crippen LogP) is 2.99. The van der Waals surface area contributed by atoms with E-state index in [0.29, 0.717) is 5.56 Å². The molecule has 0 bridgehead atoms. The van der Waals surface area contributed by atoms with Crippen LogP contribution < -0.4 is 0 Å². The molecule has 17 heavy (non-hydrogen) atoms. The zero-order valence-corrected chi connectivity index (χ0v) is 10.4. The molecule has 0 saturated carbocycles. The quantitative estimate of drug-likeness (QED) is 0.616. The first-order valence-corrected chi connectivity index (χ1v) is 5.65. The first-order chi connectivity index (χ1) is 7.97. The lowest BCUT2D eigenvalue weighted by Gasteiger charge is -2.11. The van der Waals surface area contributed by atoms with Crippen molar-refractivity contribution >= 4 is 17.6 Å². The average molecular weight is 263 g/mol. The summed E-state index contributed by atoms with van der Waals surface area (Å²) in [4.78, 5) is 11.3. The highest BCUT2D eigenvalue weighted by atomic mass is 35.5. The standard InChI is InChI=1S/C12H13ClF2O2/c1-3-17-12(16)9(13)6-8-10(14)5-4-7(2)11(8)15/h4-5,9H,3,6H2,1-2H3. The van der Waals surface area contributed by atoms with Crippen molar-refractivity contribution in [3.8, 4) is 0 Å². The molecule has 1 aromatic carbocycles. The number of aryl methyl sites for hydroxylation is 1. The normalized spacial score (nSPS) is 12.3. The molecule has 0 aliphatic heterocycles. The van der Waals surface area contributed by atoms with E-state index in [1.807, 2.05) is 0 Å². The Hall–Kier alpha value is -1.16. The molecule has 1 aromatic rings. The molecule has 0 aliphatic carbocycles. The van der Waals surface area contributed by atoms with Gasteiger partial charge < -0.3 is 4.74 Å². The van der Waals surface area contributed by atoms with E-state index in [1.54, 1.807) is 6.92 Å². The van der Waals surface area contributed by atoms with Gasteiger partial charge in [-0.05, 0) is 25.5 Å². The van der Waals surface area contributed by atoms with Gasteiger partial charge in [0.05, 0.1) is 6.61 Å². The van der Waals surface area contributed by atoms with Crippen molar-refractivity contribution in [2.24, 2.45) is 0 Å². The second kappa shape index (κ2) is 5.96.